The highest BCUT2D eigenvalue weighted by atomic mass is 16.5. The van der Waals surface area contributed by atoms with Gasteiger partial charge in [-0.15, -0.1) is 6.58 Å². The van der Waals surface area contributed by atoms with E-state index >= 15 is 0 Å². The molecule has 0 spiro atoms. The van der Waals surface area contributed by atoms with Crippen LogP contribution in [0.3, 0.4) is 0 Å². The molecule has 2 heteroatoms. The van der Waals surface area contributed by atoms with E-state index in [0.29, 0.717) is 6.04 Å². The summed E-state index contributed by atoms with van der Waals surface area (Å²) >= 11 is 0. The van der Waals surface area contributed by atoms with E-state index in [1.807, 2.05) is 6.08 Å². The Bertz CT molecular complexity index is 147. The molecular weight excluding hydrogens is 162 g/mol. The van der Waals surface area contributed by atoms with Crippen molar-refractivity contribution in [1.29, 1.82) is 0 Å². The lowest BCUT2D eigenvalue weighted by atomic mass is 10.1. The first kappa shape index (κ1) is 10.7. The van der Waals surface area contributed by atoms with E-state index < -0.39 is 0 Å². The molecule has 0 aromatic heterocycles. The molecule has 76 valence electrons. The van der Waals surface area contributed by atoms with Crippen molar-refractivity contribution in [1.82, 2.24) is 4.90 Å². The van der Waals surface area contributed by atoms with Crippen LogP contribution >= 0.6 is 0 Å². The van der Waals surface area contributed by atoms with E-state index in [2.05, 4.69) is 18.4 Å². The van der Waals surface area contributed by atoms with Crippen LogP contribution in [0.5, 0.6) is 0 Å². The summed E-state index contributed by atoms with van der Waals surface area (Å²) in [6.45, 7) is 10.1. The van der Waals surface area contributed by atoms with Crippen molar-refractivity contribution in [3.05, 3.63) is 12.7 Å². The number of hydrogen-bond donors (Lipinski definition) is 0. The molecule has 1 aliphatic heterocycles. The largest absolute Gasteiger partial charge is 0.378 e. The number of morpholine rings is 1. The average molecular weight is 183 g/mol. The second-order valence-corrected chi connectivity index (χ2v) is 3.60. The van der Waals surface area contributed by atoms with Gasteiger partial charge in [-0.1, -0.05) is 13.0 Å². The Labute approximate surface area is 81.6 Å². The molecule has 0 bridgehead atoms. The van der Waals surface area contributed by atoms with E-state index in [0.717, 1.165) is 26.2 Å². The Morgan fingerprint density at radius 1 is 1.62 bits per heavy atom. The fraction of sp³-hybridized carbons (Fsp3) is 0.818. The lowest BCUT2D eigenvalue weighted by Crippen LogP contribution is -2.45. The summed E-state index contributed by atoms with van der Waals surface area (Å²) in [7, 11) is 0. The SMILES string of the molecule is C=CCCCN1CCOCC1CC. The highest BCUT2D eigenvalue weighted by molar-refractivity contribution is 4.75. The molecule has 0 aliphatic carbocycles. The second kappa shape index (κ2) is 6.17. The molecular formula is C11H21NO. The van der Waals surface area contributed by atoms with Crippen LogP contribution in [-0.4, -0.2) is 37.2 Å². The van der Waals surface area contributed by atoms with Gasteiger partial charge in [-0.2, -0.15) is 0 Å². The average Bonchev–Trinajstić information content (AvgIpc) is 2.19. The maximum absolute atomic E-state index is 5.45. The first-order valence-corrected chi connectivity index (χ1v) is 5.31. The van der Waals surface area contributed by atoms with Crippen molar-refractivity contribution in [3.8, 4) is 0 Å². The van der Waals surface area contributed by atoms with E-state index in [1.54, 1.807) is 0 Å². The van der Waals surface area contributed by atoms with Crippen molar-refractivity contribution in [2.45, 2.75) is 32.2 Å². The van der Waals surface area contributed by atoms with Gasteiger partial charge in [0.05, 0.1) is 13.2 Å². The van der Waals surface area contributed by atoms with E-state index in [-0.39, 0.29) is 0 Å². The number of rotatable bonds is 5. The molecule has 1 saturated heterocycles. The van der Waals surface area contributed by atoms with Gasteiger partial charge in [-0.3, -0.25) is 4.90 Å². The molecule has 1 fully saturated rings. The van der Waals surface area contributed by atoms with Crippen LogP contribution in [-0.2, 0) is 4.74 Å². The topological polar surface area (TPSA) is 12.5 Å². The predicted molar refractivity (Wildman–Crippen MR) is 55.9 cm³/mol. The number of unbranched alkanes of at least 4 members (excludes halogenated alkanes) is 1. The smallest absolute Gasteiger partial charge is 0.0622 e. The zero-order valence-corrected chi connectivity index (χ0v) is 8.67. The van der Waals surface area contributed by atoms with Gasteiger partial charge in [0, 0.05) is 12.6 Å². The van der Waals surface area contributed by atoms with Crippen LogP contribution in [0.2, 0.25) is 0 Å². The Kier molecular flexibility index (Phi) is 5.09. The van der Waals surface area contributed by atoms with Crippen molar-refractivity contribution in [3.63, 3.8) is 0 Å². The van der Waals surface area contributed by atoms with Gasteiger partial charge in [-0.25, -0.2) is 0 Å². The van der Waals surface area contributed by atoms with E-state index in [9.17, 15) is 0 Å². The molecule has 1 unspecified atom stereocenters. The van der Waals surface area contributed by atoms with E-state index in [1.165, 1.54) is 19.4 Å². The van der Waals surface area contributed by atoms with Gasteiger partial charge in [0.25, 0.3) is 0 Å². The second-order valence-electron chi connectivity index (χ2n) is 3.60. The number of allylic oxidation sites excluding steroid dienone is 1. The molecule has 1 aliphatic rings. The molecule has 2 nitrogen and oxygen atoms in total. The highest BCUT2D eigenvalue weighted by Crippen LogP contribution is 2.10. The van der Waals surface area contributed by atoms with Crippen molar-refractivity contribution in [2.75, 3.05) is 26.3 Å². The maximum atomic E-state index is 5.45. The molecule has 1 atom stereocenters. The Morgan fingerprint density at radius 2 is 2.46 bits per heavy atom. The zero-order valence-electron chi connectivity index (χ0n) is 8.67. The molecule has 0 saturated carbocycles. The third-order valence-electron chi connectivity index (χ3n) is 2.67. The summed E-state index contributed by atoms with van der Waals surface area (Å²) in [4.78, 5) is 2.55. The summed E-state index contributed by atoms with van der Waals surface area (Å²) in [5, 5.41) is 0. The summed E-state index contributed by atoms with van der Waals surface area (Å²) in [5.74, 6) is 0. The van der Waals surface area contributed by atoms with Gasteiger partial charge >= 0.3 is 0 Å². The standard InChI is InChI=1S/C11H21NO/c1-3-5-6-7-12-8-9-13-10-11(12)4-2/h3,11H,1,4-10H2,2H3. The highest BCUT2D eigenvalue weighted by Gasteiger charge is 2.19. The third kappa shape index (κ3) is 3.49. The summed E-state index contributed by atoms with van der Waals surface area (Å²) in [6, 6.07) is 0.651. The fourth-order valence-electron chi connectivity index (χ4n) is 1.80. The van der Waals surface area contributed by atoms with Crippen molar-refractivity contribution in [2.24, 2.45) is 0 Å². The lowest BCUT2D eigenvalue weighted by Gasteiger charge is -2.34. The van der Waals surface area contributed by atoms with Crippen LogP contribution in [0.1, 0.15) is 26.2 Å². The van der Waals surface area contributed by atoms with E-state index in [4.69, 9.17) is 4.74 Å². The lowest BCUT2D eigenvalue weighted by molar-refractivity contribution is -0.00880. The molecule has 0 aromatic carbocycles. The van der Waals surface area contributed by atoms with Crippen molar-refractivity contribution >= 4 is 0 Å². The van der Waals surface area contributed by atoms with Gasteiger partial charge < -0.3 is 4.74 Å². The molecule has 0 radical (unpaired) electrons. The molecule has 1 heterocycles. The Balaban J connectivity index is 2.23. The Morgan fingerprint density at radius 3 is 3.15 bits per heavy atom. The van der Waals surface area contributed by atoms with Gasteiger partial charge in [-0.05, 0) is 25.8 Å². The number of nitrogens with zero attached hydrogens (tertiary/aromatic N) is 1. The van der Waals surface area contributed by atoms with Crippen LogP contribution in [0.4, 0.5) is 0 Å². The van der Waals surface area contributed by atoms with Gasteiger partial charge in [0.15, 0.2) is 0 Å². The first-order valence-electron chi connectivity index (χ1n) is 5.31. The van der Waals surface area contributed by atoms with Crippen molar-refractivity contribution < 1.29 is 4.74 Å². The quantitative estimate of drug-likeness (QED) is 0.478. The number of ether oxygens (including phenoxy) is 1. The summed E-state index contributed by atoms with van der Waals surface area (Å²) in [5.41, 5.74) is 0. The van der Waals surface area contributed by atoms with Gasteiger partial charge in [0.2, 0.25) is 0 Å². The predicted octanol–water partition coefficient (Wildman–Crippen LogP) is 2.06. The summed E-state index contributed by atoms with van der Waals surface area (Å²) < 4.78 is 5.45. The minimum atomic E-state index is 0.651. The van der Waals surface area contributed by atoms with Crippen LogP contribution < -0.4 is 0 Å². The molecule has 0 aromatic rings. The minimum Gasteiger partial charge on any atom is -0.378 e. The first-order chi connectivity index (χ1) is 6.38. The molecule has 13 heavy (non-hydrogen) atoms. The maximum Gasteiger partial charge on any atom is 0.0622 e. The molecule has 0 N–H and O–H groups in total. The normalized spacial score (nSPS) is 24.5. The monoisotopic (exact) mass is 183 g/mol. The zero-order chi connectivity index (χ0) is 9.52. The van der Waals surface area contributed by atoms with Crippen LogP contribution in [0, 0.1) is 0 Å². The molecule has 1 rings (SSSR count). The Hall–Kier alpha value is -0.340. The third-order valence-corrected chi connectivity index (χ3v) is 2.67. The number of hydrogen-bond acceptors (Lipinski definition) is 2. The minimum absolute atomic E-state index is 0.651. The van der Waals surface area contributed by atoms with Crippen LogP contribution in [0.25, 0.3) is 0 Å². The molecule has 0 amide bonds. The van der Waals surface area contributed by atoms with Crippen LogP contribution in [0.15, 0.2) is 12.7 Å². The summed E-state index contributed by atoms with van der Waals surface area (Å²) in [6.07, 6.45) is 5.57. The van der Waals surface area contributed by atoms with Gasteiger partial charge in [0.1, 0.15) is 0 Å². The fourth-order valence-corrected chi connectivity index (χ4v) is 1.80.